The van der Waals surface area contributed by atoms with Crippen LogP contribution in [-0.4, -0.2) is 44.1 Å². The van der Waals surface area contributed by atoms with Gasteiger partial charge in [0.2, 0.25) is 0 Å². The second-order valence-corrected chi connectivity index (χ2v) is 7.33. The summed E-state index contributed by atoms with van der Waals surface area (Å²) in [6, 6.07) is 12.0. The third-order valence-corrected chi connectivity index (χ3v) is 5.80. The standard InChI is InChI=1S/C21H26N2O2/c1-25-20-7-6-15-11-17(5-4-16(15)12-20)21(24)23-10-2-3-19(14-23)18-8-9-22-13-18/h4-7,11-12,18-19,22H,2-3,8-10,13-14H2,1H3. The summed E-state index contributed by atoms with van der Waals surface area (Å²) in [7, 11) is 1.67. The maximum atomic E-state index is 13.0. The maximum absolute atomic E-state index is 13.0. The van der Waals surface area contributed by atoms with Gasteiger partial charge in [-0.15, -0.1) is 0 Å². The summed E-state index contributed by atoms with van der Waals surface area (Å²) < 4.78 is 5.28. The molecule has 0 saturated carbocycles. The summed E-state index contributed by atoms with van der Waals surface area (Å²) in [5.74, 6) is 2.40. The molecule has 0 spiro atoms. The lowest BCUT2D eigenvalue weighted by atomic mass is 9.84. The maximum Gasteiger partial charge on any atom is 0.253 e. The number of fused-ring (bicyclic) bond motifs is 1. The zero-order valence-electron chi connectivity index (χ0n) is 14.8. The first-order valence-corrected chi connectivity index (χ1v) is 9.32. The number of nitrogens with zero attached hydrogens (tertiary/aromatic N) is 1. The number of rotatable bonds is 3. The third-order valence-electron chi connectivity index (χ3n) is 5.80. The molecule has 2 unspecified atom stereocenters. The van der Waals surface area contributed by atoms with Gasteiger partial charge in [-0.2, -0.15) is 0 Å². The molecule has 1 N–H and O–H groups in total. The molecule has 0 aliphatic carbocycles. The zero-order chi connectivity index (χ0) is 17.2. The normalized spacial score (nSPS) is 23.8. The highest BCUT2D eigenvalue weighted by molar-refractivity contribution is 5.98. The molecule has 1 amide bonds. The highest BCUT2D eigenvalue weighted by Gasteiger charge is 2.31. The molecule has 2 aromatic rings. The summed E-state index contributed by atoms with van der Waals surface area (Å²) in [6.45, 7) is 4.04. The molecular weight excluding hydrogens is 312 g/mol. The quantitative estimate of drug-likeness (QED) is 0.933. The number of amides is 1. The predicted octanol–water partition coefficient (Wildman–Crippen LogP) is 3.31. The number of likely N-dealkylation sites (tertiary alicyclic amines) is 1. The van der Waals surface area contributed by atoms with Crippen LogP contribution in [0.15, 0.2) is 36.4 Å². The van der Waals surface area contributed by atoms with Gasteiger partial charge >= 0.3 is 0 Å². The van der Waals surface area contributed by atoms with Crippen molar-refractivity contribution in [2.75, 3.05) is 33.3 Å². The number of hydrogen-bond donors (Lipinski definition) is 1. The Balaban J connectivity index is 1.52. The molecular formula is C21H26N2O2. The van der Waals surface area contributed by atoms with Gasteiger partial charge in [-0.3, -0.25) is 4.79 Å². The minimum atomic E-state index is 0.174. The number of carbonyl (C=O) groups excluding carboxylic acids is 1. The van der Waals surface area contributed by atoms with Crippen LogP contribution in [0.2, 0.25) is 0 Å². The number of ether oxygens (including phenoxy) is 1. The predicted molar refractivity (Wildman–Crippen MR) is 100 cm³/mol. The van der Waals surface area contributed by atoms with Crippen LogP contribution in [0.3, 0.4) is 0 Å². The Kier molecular flexibility index (Phi) is 4.62. The van der Waals surface area contributed by atoms with E-state index in [4.69, 9.17) is 4.74 Å². The Morgan fingerprint density at radius 3 is 2.76 bits per heavy atom. The second kappa shape index (κ2) is 7.04. The minimum absolute atomic E-state index is 0.174. The van der Waals surface area contributed by atoms with Gasteiger partial charge < -0.3 is 15.0 Å². The van der Waals surface area contributed by atoms with Crippen LogP contribution in [0, 0.1) is 11.8 Å². The van der Waals surface area contributed by atoms with E-state index in [-0.39, 0.29) is 5.91 Å². The lowest BCUT2D eigenvalue weighted by molar-refractivity contribution is 0.0634. The largest absolute Gasteiger partial charge is 0.497 e. The van der Waals surface area contributed by atoms with Crippen molar-refractivity contribution in [3.63, 3.8) is 0 Å². The van der Waals surface area contributed by atoms with E-state index in [1.807, 2.05) is 36.4 Å². The molecule has 0 bridgehead atoms. The van der Waals surface area contributed by atoms with E-state index in [0.717, 1.165) is 60.6 Å². The smallest absolute Gasteiger partial charge is 0.253 e. The first-order chi connectivity index (χ1) is 12.2. The van der Waals surface area contributed by atoms with Crippen molar-refractivity contribution in [3.8, 4) is 5.75 Å². The lowest BCUT2D eigenvalue weighted by Crippen LogP contribution is -2.42. The van der Waals surface area contributed by atoms with Crippen molar-refractivity contribution in [1.82, 2.24) is 10.2 Å². The lowest BCUT2D eigenvalue weighted by Gasteiger charge is -2.35. The molecule has 0 radical (unpaired) electrons. The molecule has 4 rings (SSSR count). The summed E-state index contributed by atoms with van der Waals surface area (Å²) in [5, 5.41) is 5.65. The van der Waals surface area contributed by atoms with Gasteiger partial charge in [0.05, 0.1) is 7.11 Å². The summed E-state index contributed by atoms with van der Waals surface area (Å²) >= 11 is 0. The van der Waals surface area contributed by atoms with Crippen LogP contribution in [0.5, 0.6) is 5.75 Å². The van der Waals surface area contributed by atoms with Gasteiger partial charge in [-0.1, -0.05) is 12.1 Å². The van der Waals surface area contributed by atoms with Gasteiger partial charge in [0.15, 0.2) is 0 Å². The van der Waals surface area contributed by atoms with Crippen molar-refractivity contribution in [1.29, 1.82) is 0 Å². The van der Waals surface area contributed by atoms with Crippen molar-refractivity contribution >= 4 is 16.7 Å². The molecule has 2 heterocycles. The van der Waals surface area contributed by atoms with E-state index in [1.54, 1.807) is 7.11 Å². The molecule has 132 valence electrons. The molecule has 2 aromatic carbocycles. The van der Waals surface area contributed by atoms with Crippen molar-refractivity contribution in [3.05, 3.63) is 42.0 Å². The Bertz CT molecular complexity index is 768. The van der Waals surface area contributed by atoms with Crippen LogP contribution in [-0.2, 0) is 0 Å². The number of piperidine rings is 1. The first-order valence-electron chi connectivity index (χ1n) is 9.32. The molecule has 4 heteroatoms. The first kappa shape index (κ1) is 16.4. The molecule has 4 nitrogen and oxygen atoms in total. The molecule has 2 saturated heterocycles. The van der Waals surface area contributed by atoms with Crippen molar-refractivity contribution < 1.29 is 9.53 Å². The van der Waals surface area contributed by atoms with Crippen LogP contribution in [0.1, 0.15) is 29.6 Å². The number of hydrogen-bond acceptors (Lipinski definition) is 3. The van der Waals surface area contributed by atoms with E-state index in [1.165, 1.54) is 12.8 Å². The molecule has 2 aliphatic rings. The number of nitrogens with one attached hydrogen (secondary N) is 1. The minimum Gasteiger partial charge on any atom is -0.497 e. The fraction of sp³-hybridized carbons (Fsp3) is 0.476. The van der Waals surface area contributed by atoms with E-state index in [2.05, 4.69) is 10.2 Å². The van der Waals surface area contributed by atoms with Gasteiger partial charge in [0, 0.05) is 18.7 Å². The summed E-state index contributed by atoms with van der Waals surface area (Å²) in [5.41, 5.74) is 0.794. The van der Waals surface area contributed by atoms with Gasteiger partial charge in [0.25, 0.3) is 5.91 Å². The molecule has 2 aliphatic heterocycles. The molecule has 2 atom stereocenters. The molecule has 0 aromatic heterocycles. The second-order valence-electron chi connectivity index (χ2n) is 7.33. The Hall–Kier alpha value is -2.07. The molecule has 2 fully saturated rings. The van der Waals surface area contributed by atoms with Crippen LogP contribution in [0.4, 0.5) is 0 Å². The van der Waals surface area contributed by atoms with Crippen LogP contribution in [0.25, 0.3) is 10.8 Å². The van der Waals surface area contributed by atoms with Gasteiger partial charge in [0.1, 0.15) is 5.75 Å². The Morgan fingerprint density at radius 2 is 1.96 bits per heavy atom. The fourth-order valence-electron chi connectivity index (χ4n) is 4.32. The van der Waals surface area contributed by atoms with E-state index in [9.17, 15) is 4.79 Å². The SMILES string of the molecule is COc1ccc2cc(C(=O)N3CCCC(C4CCNC4)C3)ccc2c1. The summed E-state index contributed by atoms with van der Waals surface area (Å²) in [4.78, 5) is 15.1. The van der Waals surface area contributed by atoms with Crippen molar-refractivity contribution in [2.45, 2.75) is 19.3 Å². The average molecular weight is 338 g/mol. The number of methoxy groups -OCH3 is 1. The van der Waals surface area contributed by atoms with Crippen molar-refractivity contribution in [2.24, 2.45) is 11.8 Å². The Labute approximate surface area is 149 Å². The summed E-state index contributed by atoms with van der Waals surface area (Å²) in [6.07, 6.45) is 3.63. The zero-order valence-corrected chi connectivity index (χ0v) is 14.8. The average Bonchev–Trinajstić information content (AvgIpc) is 3.21. The van der Waals surface area contributed by atoms with E-state index in [0.29, 0.717) is 5.92 Å². The van der Waals surface area contributed by atoms with E-state index >= 15 is 0 Å². The third kappa shape index (κ3) is 3.36. The van der Waals surface area contributed by atoms with Crippen LogP contribution >= 0.6 is 0 Å². The fourth-order valence-corrected chi connectivity index (χ4v) is 4.32. The van der Waals surface area contributed by atoms with Gasteiger partial charge in [-0.25, -0.2) is 0 Å². The Morgan fingerprint density at radius 1 is 1.12 bits per heavy atom. The number of benzene rings is 2. The van der Waals surface area contributed by atoms with Gasteiger partial charge in [-0.05, 0) is 79.2 Å². The highest BCUT2D eigenvalue weighted by atomic mass is 16.5. The van der Waals surface area contributed by atoms with Crippen LogP contribution < -0.4 is 10.1 Å². The highest BCUT2D eigenvalue weighted by Crippen LogP contribution is 2.29. The number of carbonyl (C=O) groups is 1. The monoisotopic (exact) mass is 338 g/mol. The molecule has 25 heavy (non-hydrogen) atoms. The topological polar surface area (TPSA) is 41.6 Å². The van der Waals surface area contributed by atoms with E-state index < -0.39 is 0 Å².